The number of hydrogen-bond donors (Lipinski definition) is 1. The molecule has 0 fully saturated rings. The second kappa shape index (κ2) is 9.30. The quantitative estimate of drug-likeness (QED) is 0.462. The van der Waals surface area contributed by atoms with Gasteiger partial charge in [-0.2, -0.15) is 0 Å². The summed E-state index contributed by atoms with van der Waals surface area (Å²) in [4.78, 5) is 24.5. The highest BCUT2D eigenvalue weighted by atomic mass is 35.5. The Morgan fingerprint density at radius 1 is 1.17 bits per heavy atom. The summed E-state index contributed by atoms with van der Waals surface area (Å²) in [5, 5.41) is 2.60. The van der Waals surface area contributed by atoms with Crippen LogP contribution >= 0.6 is 23.4 Å². The monoisotopic (exact) mass is 367 g/mol. The van der Waals surface area contributed by atoms with Gasteiger partial charge in [-0.15, -0.1) is 11.8 Å². The number of rotatable bonds is 7. The van der Waals surface area contributed by atoms with E-state index in [0.717, 1.165) is 17.0 Å². The average Bonchev–Trinajstić information content (AvgIpc) is 2.57. The molecule has 0 aliphatic carbocycles. The van der Waals surface area contributed by atoms with E-state index in [-0.39, 0.29) is 10.6 Å². The molecule has 0 unspecified atom stereocenters. The van der Waals surface area contributed by atoms with Crippen LogP contribution in [0.15, 0.2) is 53.4 Å². The van der Waals surface area contributed by atoms with Crippen LogP contribution in [0.4, 0.5) is 4.39 Å². The van der Waals surface area contributed by atoms with Gasteiger partial charge in [-0.1, -0.05) is 29.8 Å². The first-order chi connectivity index (χ1) is 11.6. The molecule has 0 aliphatic heterocycles. The second-order valence-corrected chi connectivity index (χ2v) is 6.29. The number of carbonyl (C=O) groups is 2. The van der Waals surface area contributed by atoms with Gasteiger partial charge in [0, 0.05) is 17.2 Å². The summed E-state index contributed by atoms with van der Waals surface area (Å²) in [7, 11) is 0. The fourth-order valence-corrected chi connectivity index (χ4v) is 2.82. The minimum atomic E-state index is -0.770. The smallest absolute Gasteiger partial charge is 0.340 e. The summed E-state index contributed by atoms with van der Waals surface area (Å²) in [5.74, 6) is -1.03. The van der Waals surface area contributed by atoms with E-state index in [1.165, 1.54) is 6.07 Å². The number of hydrogen-bond acceptors (Lipinski definition) is 4. The van der Waals surface area contributed by atoms with Crippen molar-refractivity contribution in [2.45, 2.75) is 4.90 Å². The molecule has 0 atom stereocenters. The first-order valence-electron chi connectivity index (χ1n) is 7.13. The molecule has 0 heterocycles. The van der Waals surface area contributed by atoms with Gasteiger partial charge in [0.15, 0.2) is 6.61 Å². The van der Waals surface area contributed by atoms with E-state index < -0.39 is 24.3 Å². The fraction of sp³-hybridized carbons (Fsp3) is 0.176. The van der Waals surface area contributed by atoms with Crippen molar-refractivity contribution in [3.05, 3.63) is 64.9 Å². The maximum absolute atomic E-state index is 12.9. The molecular weight excluding hydrogens is 353 g/mol. The lowest BCUT2D eigenvalue weighted by Gasteiger charge is -2.07. The number of nitrogens with one attached hydrogen (secondary N) is 1. The van der Waals surface area contributed by atoms with Crippen molar-refractivity contribution in [1.82, 2.24) is 5.32 Å². The van der Waals surface area contributed by atoms with E-state index in [1.807, 2.05) is 30.3 Å². The van der Waals surface area contributed by atoms with Crippen molar-refractivity contribution in [2.75, 3.05) is 18.9 Å². The summed E-state index contributed by atoms with van der Waals surface area (Å²) < 4.78 is 17.8. The number of amides is 1. The minimum Gasteiger partial charge on any atom is -0.452 e. The van der Waals surface area contributed by atoms with Gasteiger partial charge in [-0.25, -0.2) is 9.18 Å². The Bertz CT molecular complexity index is 712. The van der Waals surface area contributed by atoms with Gasteiger partial charge in [-0.05, 0) is 30.3 Å². The van der Waals surface area contributed by atoms with Crippen LogP contribution in [0.2, 0.25) is 5.02 Å². The Morgan fingerprint density at radius 2 is 1.92 bits per heavy atom. The third-order valence-corrected chi connectivity index (χ3v) is 4.25. The third kappa shape index (κ3) is 5.86. The van der Waals surface area contributed by atoms with Crippen LogP contribution in [0.25, 0.3) is 0 Å². The maximum atomic E-state index is 12.9. The first-order valence-corrected chi connectivity index (χ1v) is 8.49. The predicted octanol–water partition coefficient (Wildman–Crippen LogP) is 3.54. The Hall–Kier alpha value is -2.05. The van der Waals surface area contributed by atoms with Crippen LogP contribution in [0.5, 0.6) is 0 Å². The molecule has 0 spiro atoms. The summed E-state index contributed by atoms with van der Waals surface area (Å²) in [6.45, 7) is 0.0375. The molecule has 1 N–H and O–H groups in total. The zero-order valence-electron chi connectivity index (χ0n) is 12.6. The zero-order valence-corrected chi connectivity index (χ0v) is 14.2. The molecule has 0 saturated carbocycles. The summed E-state index contributed by atoms with van der Waals surface area (Å²) in [6, 6.07) is 13.1. The number of carbonyl (C=O) groups excluding carboxylic acids is 2. The summed E-state index contributed by atoms with van der Waals surface area (Å²) >= 11 is 7.37. The molecule has 0 saturated heterocycles. The largest absolute Gasteiger partial charge is 0.452 e. The van der Waals surface area contributed by atoms with Gasteiger partial charge in [0.05, 0.1) is 10.6 Å². The number of benzene rings is 2. The molecule has 2 aromatic carbocycles. The second-order valence-electron chi connectivity index (χ2n) is 4.71. The van der Waals surface area contributed by atoms with Crippen LogP contribution in [-0.4, -0.2) is 30.8 Å². The Kier molecular flexibility index (Phi) is 7.08. The molecular formula is C17H15ClFNO3S. The van der Waals surface area contributed by atoms with Gasteiger partial charge >= 0.3 is 5.97 Å². The highest BCUT2D eigenvalue weighted by molar-refractivity contribution is 7.99. The molecule has 0 bridgehead atoms. The zero-order chi connectivity index (χ0) is 17.4. The third-order valence-electron chi connectivity index (χ3n) is 2.92. The Morgan fingerprint density at radius 3 is 2.62 bits per heavy atom. The van der Waals surface area contributed by atoms with Gasteiger partial charge in [-0.3, -0.25) is 4.79 Å². The first kappa shape index (κ1) is 18.3. The number of esters is 1. The van der Waals surface area contributed by atoms with Crippen molar-refractivity contribution in [1.29, 1.82) is 0 Å². The molecule has 24 heavy (non-hydrogen) atoms. The topological polar surface area (TPSA) is 55.4 Å². The Labute approximate surface area is 148 Å². The van der Waals surface area contributed by atoms with E-state index in [2.05, 4.69) is 5.32 Å². The van der Waals surface area contributed by atoms with Crippen LogP contribution in [0.3, 0.4) is 0 Å². The highest BCUT2D eigenvalue weighted by Crippen LogP contribution is 2.18. The van der Waals surface area contributed by atoms with Gasteiger partial charge in [0.25, 0.3) is 5.91 Å². The predicted molar refractivity (Wildman–Crippen MR) is 91.9 cm³/mol. The van der Waals surface area contributed by atoms with Gasteiger partial charge < -0.3 is 10.1 Å². The van der Waals surface area contributed by atoms with E-state index in [9.17, 15) is 14.0 Å². The standard InChI is InChI=1S/C17H15ClFNO3S/c18-15-10-12(19)6-7-14(15)17(22)23-11-16(21)20-8-9-24-13-4-2-1-3-5-13/h1-7,10H,8-9,11H2,(H,20,21). The van der Waals surface area contributed by atoms with Crippen molar-refractivity contribution in [2.24, 2.45) is 0 Å². The molecule has 2 rings (SSSR count). The molecule has 0 radical (unpaired) electrons. The lowest BCUT2D eigenvalue weighted by atomic mass is 10.2. The van der Waals surface area contributed by atoms with Gasteiger partial charge in [0.1, 0.15) is 5.82 Å². The van der Waals surface area contributed by atoms with Crippen molar-refractivity contribution >= 4 is 35.2 Å². The summed E-state index contributed by atoms with van der Waals surface area (Å²) in [5.41, 5.74) is 0.0190. The lowest BCUT2D eigenvalue weighted by Crippen LogP contribution is -2.30. The minimum absolute atomic E-state index is 0.0190. The van der Waals surface area contributed by atoms with Gasteiger partial charge in [0.2, 0.25) is 0 Å². The van der Waals surface area contributed by atoms with E-state index in [4.69, 9.17) is 16.3 Å². The van der Waals surface area contributed by atoms with Crippen molar-refractivity contribution < 1.29 is 18.7 Å². The molecule has 2 aromatic rings. The van der Waals surface area contributed by atoms with Crippen LogP contribution < -0.4 is 5.32 Å². The molecule has 0 aliphatic rings. The van der Waals surface area contributed by atoms with E-state index >= 15 is 0 Å². The number of ether oxygens (including phenoxy) is 1. The molecule has 1 amide bonds. The van der Waals surface area contributed by atoms with Crippen LogP contribution in [0.1, 0.15) is 10.4 Å². The SMILES string of the molecule is O=C(COC(=O)c1ccc(F)cc1Cl)NCCSc1ccccc1. The van der Waals surface area contributed by atoms with Crippen molar-refractivity contribution in [3.63, 3.8) is 0 Å². The summed E-state index contributed by atoms with van der Waals surface area (Å²) in [6.07, 6.45) is 0. The van der Waals surface area contributed by atoms with E-state index in [1.54, 1.807) is 11.8 Å². The van der Waals surface area contributed by atoms with E-state index in [0.29, 0.717) is 12.3 Å². The maximum Gasteiger partial charge on any atom is 0.340 e. The molecule has 4 nitrogen and oxygen atoms in total. The van der Waals surface area contributed by atoms with Crippen LogP contribution in [-0.2, 0) is 9.53 Å². The average molecular weight is 368 g/mol. The Balaban J connectivity index is 1.68. The lowest BCUT2D eigenvalue weighted by molar-refractivity contribution is -0.124. The molecule has 7 heteroatoms. The fourth-order valence-electron chi connectivity index (χ4n) is 1.79. The number of halogens is 2. The molecule has 126 valence electrons. The molecule has 0 aromatic heterocycles. The number of thioether (sulfide) groups is 1. The highest BCUT2D eigenvalue weighted by Gasteiger charge is 2.14. The van der Waals surface area contributed by atoms with Crippen molar-refractivity contribution in [3.8, 4) is 0 Å². The normalized spacial score (nSPS) is 10.2. The van der Waals surface area contributed by atoms with Crippen LogP contribution in [0, 0.1) is 5.82 Å².